The van der Waals surface area contributed by atoms with Crippen LogP contribution in [-0.4, -0.2) is 20.1 Å². The van der Waals surface area contributed by atoms with Gasteiger partial charge in [0.05, 0.1) is 13.3 Å². The Balaban J connectivity index is 1.47. The van der Waals surface area contributed by atoms with E-state index < -0.39 is 0 Å². The van der Waals surface area contributed by atoms with Crippen molar-refractivity contribution < 1.29 is 18.6 Å². The average Bonchev–Trinajstić information content (AvgIpc) is 2.97. The smallest absolute Gasteiger partial charge is 0.231 e. The number of alkyl halides is 1. The molecule has 0 amide bonds. The predicted molar refractivity (Wildman–Crippen MR) is 80.5 cm³/mol. The molecule has 0 saturated carbocycles. The highest BCUT2D eigenvalue weighted by Crippen LogP contribution is 2.32. The van der Waals surface area contributed by atoms with Gasteiger partial charge < -0.3 is 14.2 Å². The van der Waals surface area contributed by atoms with E-state index in [1.807, 2.05) is 18.2 Å². The summed E-state index contributed by atoms with van der Waals surface area (Å²) < 4.78 is 28.2. The lowest BCUT2D eigenvalue weighted by molar-refractivity contribution is 0.116. The van der Waals surface area contributed by atoms with Crippen LogP contribution in [-0.2, 0) is 11.3 Å². The number of benzene rings is 1. The molecule has 2 rings (SSSR count). The van der Waals surface area contributed by atoms with Gasteiger partial charge in [-0.1, -0.05) is 38.2 Å². The van der Waals surface area contributed by atoms with Crippen LogP contribution in [0.4, 0.5) is 4.39 Å². The first-order chi connectivity index (χ1) is 10.4. The van der Waals surface area contributed by atoms with Crippen LogP contribution in [0.3, 0.4) is 0 Å². The number of hydrogen-bond acceptors (Lipinski definition) is 3. The van der Waals surface area contributed by atoms with Gasteiger partial charge in [0, 0.05) is 6.61 Å². The molecule has 0 bridgehead atoms. The lowest BCUT2D eigenvalue weighted by Gasteiger charge is -2.05. The van der Waals surface area contributed by atoms with Crippen LogP contribution in [0.2, 0.25) is 0 Å². The fourth-order valence-electron chi connectivity index (χ4n) is 2.40. The highest BCUT2D eigenvalue weighted by Gasteiger charge is 2.12. The molecule has 0 aromatic heterocycles. The van der Waals surface area contributed by atoms with Crippen LogP contribution in [0.1, 0.15) is 50.5 Å². The Morgan fingerprint density at radius 2 is 1.62 bits per heavy atom. The molecule has 3 nitrogen and oxygen atoms in total. The molecule has 0 unspecified atom stereocenters. The van der Waals surface area contributed by atoms with Crippen LogP contribution in [0.5, 0.6) is 11.5 Å². The second kappa shape index (κ2) is 9.61. The van der Waals surface area contributed by atoms with Gasteiger partial charge in [-0.25, -0.2) is 0 Å². The summed E-state index contributed by atoms with van der Waals surface area (Å²) >= 11 is 0. The normalized spacial score (nSPS) is 12.8. The van der Waals surface area contributed by atoms with Gasteiger partial charge in [0.1, 0.15) is 0 Å². The molecule has 0 N–H and O–H groups in total. The van der Waals surface area contributed by atoms with E-state index in [2.05, 4.69) is 0 Å². The Labute approximate surface area is 126 Å². The second-order valence-electron chi connectivity index (χ2n) is 5.40. The second-order valence-corrected chi connectivity index (χ2v) is 5.40. The third-order valence-electron chi connectivity index (χ3n) is 3.63. The minimum Gasteiger partial charge on any atom is -0.454 e. The Kier molecular flexibility index (Phi) is 7.36. The van der Waals surface area contributed by atoms with Crippen LogP contribution in [0.25, 0.3) is 0 Å². The zero-order valence-corrected chi connectivity index (χ0v) is 12.6. The summed E-state index contributed by atoms with van der Waals surface area (Å²) in [4.78, 5) is 0. The van der Waals surface area contributed by atoms with Crippen molar-refractivity contribution in [3.63, 3.8) is 0 Å². The van der Waals surface area contributed by atoms with E-state index in [4.69, 9.17) is 14.2 Å². The van der Waals surface area contributed by atoms with Gasteiger partial charge in [-0.05, 0) is 30.5 Å². The molecule has 4 heteroatoms. The maximum Gasteiger partial charge on any atom is 0.231 e. The number of hydrogen-bond donors (Lipinski definition) is 0. The molecule has 1 aromatic carbocycles. The maximum atomic E-state index is 11.9. The molecule has 0 radical (unpaired) electrons. The fraction of sp³-hybridized carbons (Fsp3) is 0.647. The van der Waals surface area contributed by atoms with Gasteiger partial charge in [-0.3, -0.25) is 4.39 Å². The molecule has 1 heterocycles. The van der Waals surface area contributed by atoms with Crippen molar-refractivity contribution in [3.05, 3.63) is 23.8 Å². The molecule has 1 aliphatic heterocycles. The molecule has 0 atom stereocenters. The van der Waals surface area contributed by atoms with Crippen LogP contribution in [0, 0.1) is 0 Å². The summed E-state index contributed by atoms with van der Waals surface area (Å²) in [5.74, 6) is 1.62. The minimum atomic E-state index is -0.173. The van der Waals surface area contributed by atoms with Gasteiger partial charge in [0.15, 0.2) is 11.5 Å². The van der Waals surface area contributed by atoms with Gasteiger partial charge in [0.2, 0.25) is 6.79 Å². The summed E-state index contributed by atoms with van der Waals surface area (Å²) in [6, 6.07) is 5.92. The van der Waals surface area contributed by atoms with Crippen molar-refractivity contribution in [1.82, 2.24) is 0 Å². The SMILES string of the molecule is FCCCCCCCCCOCc1ccc2c(c1)OCO2. The van der Waals surface area contributed by atoms with E-state index in [0.717, 1.165) is 49.4 Å². The number of fused-ring (bicyclic) bond motifs is 1. The Morgan fingerprint density at radius 1 is 0.905 bits per heavy atom. The highest BCUT2D eigenvalue weighted by molar-refractivity contribution is 5.44. The number of ether oxygens (including phenoxy) is 3. The first-order valence-corrected chi connectivity index (χ1v) is 7.92. The van der Waals surface area contributed by atoms with Crippen molar-refractivity contribution in [2.75, 3.05) is 20.1 Å². The molecule has 0 fully saturated rings. The lowest BCUT2D eigenvalue weighted by Crippen LogP contribution is -1.96. The van der Waals surface area contributed by atoms with Crippen molar-refractivity contribution in [1.29, 1.82) is 0 Å². The topological polar surface area (TPSA) is 27.7 Å². The Hall–Kier alpha value is -1.29. The first kappa shape index (κ1) is 16.1. The van der Waals surface area contributed by atoms with Gasteiger partial charge in [-0.2, -0.15) is 0 Å². The van der Waals surface area contributed by atoms with Crippen molar-refractivity contribution >= 4 is 0 Å². The summed E-state index contributed by atoms with van der Waals surface area (Å²) in [5.41, 5.74) is 1.12. The molecule has 1 aliphatic rings. The number of rotatable bonds is 11. The van der Waals surface area contributed by atoms with Crippen molar-refractivity contribution in [3.8, 4) is 11.5 Å². The maximum absolute atomic E-state index is 11.9. The molecular weight excluding hydrogens is 271 g/mol. The standard InChI is InChI=1S/C17H25FO3/c18-10-6-4-2-1-3-5-7-11-19-13-15-8-9-16-17(12-15)21-14-20-16/h8-9,12H,1-7,10-11,13-14H2. The Bertz CT molecular complexity index is 409. The third-order valence-corrected chi connectivity index (χ3v) is 3.63. The van der Waals surface area contributed by atoms with E-state index in [0.29, 0.717) is 13.4 Å². The molecule has 118 valence electrons. The van der Waals surface area contributed by atoms with Crippen molar-refractivity contribution in [2.45, 2.75) is 51.6 Å². The average molecular weight is 296 g/mol. The molecule has 21 heavy (non-hydrogen) atoms. The third kappa shape index (κ3) is 5.92. The monoisotopic (exact) mass is 296 g/mol. The van der Waals surface area contributed by atoms with E-state index in [-0.39, 0.29) is 6.67 Å². The fourth-order valence-corrected chi connectivity index (χ4v) is 2.40. The number of unbranched alkanes of at least 4 members (excludes halogenated alkanes) is 6. The lowest BCUT2D eigenvalue weighted by atomic mass is 10.1. The quantitative estimate of drug-likeness (QED) is 0.557. The highest BCUT2D eigenvalue weighted by atomic mass is 19.1. The first-order valence-electron chi connectivity index (χ1n) is 7.92. The van der Waals surface area contributed by atoms with Crippen LogP contribution in [0.15, 0.2) is 18.2 Å². The van der Waals surface area contributed by atoms with E-state index >= 15 is 0 Å². The van der Waals surface area contributed by atoms with Gasteiger partial charge >= 0.3 is 0 Å². The largest absolute Gasteiger partial charge is 0.454 e. The molecule has 0 aliphatic carbocycles. The summed E-state index contributed by atoms with van der Waals surface area (Å²) in [6.45, 7) is 1.55. The van der Waals surface area contributed by atoms with Crippen LogP contribution < -0.4 is 9.47 Å². The summed E-state index contributed by atoms with van der Waals surface area (Å²) in [5, 5.41) is 0. The van der Waals surface area contributed by atoms with Crippen molar-refractivity contribution in [2.24, 2.45) is 0 Å². The minimum absolute atomic E-state index is 0.173. The molecule has 0 spiro atoms. The Morgan fingerprint density at radius 3 is 2.43 bits per heavy atom. The van der Waals surface area contributed by atoms with E-state index in [9.17, 15) is 4.39 Å². The zero-order valence-electron chi connectivity index (χ0n) is 12.6. The zero-order chi connectivity index (χ0) is 14.8. The van der Waals surface area contributed by atoms with E-state index in [1.54, 1.807) is 0 Å². The molecular formula is C17H25FO3. The van der Waals surface area contributed by atoms with Gasteiger partial charge in [-0.15, -0.1) is 0 Å². The van der Waals surface area contributed by atoms with Crippen LogP contribution >= 0.6 is 0 Å². The van der Waals surface area contributed by atoms with E-state index in [1.165, 1.54) is 19.3 Å². The summed E-state index contributed by atoms with van der Waals surface area (Å²) in [7, 11) is 0. The predicted octanol–water partition coefficient (Wildman–Crippen LogP) is 4.63. The van der Waals surface area contributed by atoms with Gasteiger partial charge in [0.25, 0.3) is 0 Å². The molecule has 1 aromatic rings. The number of halogens is 1. The summed E-state index contributed by atoms with van der Waals surface area (Å²) in [6.07, 6.45) is 7.62. The molecule has 0 saturated heterocycles.